The van der Waals surface area contributed by atoms with Crippen molar-refractivity contribution in [1.82, 2.24) is 9.97 Å². The summed E-state index contributed by atoms with van der Waals surface area (Å²) in [4.78, 5) is 11.1. The van der Waals surface area contributed by atoms with Crippen LogP contribution in [0.15, 0.2) is 30.6 Å². The molecule has 1 N–H and O–H groups in total. The van der Waals surface area contributed by atoms with Crippen molar-refractivity contribution < 1.29 is 9.47 Å². The molecule has 5 nitrogen and oxygen atoms in total. The number of hydrogen-bond donors (Lipinski definition) is 1. The van der Waals surface area contributed by atoms with Crippen LogP contribution in [-0.2, 0) is 13.0 Å². The highest BCUT2D eigenvalue weighted by atomic mass is 32.1. The first kappa shape index (κ1) is 15.2. The van der Waals surface area contributed by atoms with Crippen molar-refractivity contribution in [3.05, 3.63) is 41.0 Å². The van der Waals surface area contributed by atoms with Crippen LogP contribution >= 0.6 is 11.3 Å². The molecule has 1 aromatic carbocycles. The zero-order valence-corrected chi connectivity index (χ0v) is 14.4. The van der Waals surface area contributed by atoms with Crippen molar-refractivity contribution in [1.29, 1.82) is 0 Å². The minimum Gasteiger partial charge on any atom is -0.490 e. The molecule has 0 fully saturated rings. The number of benzene rings is 1. The lowest BCUT2D eigenvalue weighted by molar-refractivity contribution is 0.297. The summed E-state index contributed by atoms with van der Waals surface area (Å²) in [6.45, 7) is 4.25. The predicted octanol–water partition coefficient (Wildman–Crippen LogP) is 4.03. The third kappa shape index (κ3) is 3.01. The molecule has 0 atom stereocenters. The van der Waals surface area contributed by atoms with Crippen molar-refractivity contribution in [2.75, 3.05) is 18.5 Å². The summed E-state index contributed by atoms with van der Waals surface area (Å²) in [5.74, 6) is 2.53. The van der Waals surface area contributed by atoms with Gasteiger partial charge in [-0.2, -0.15) is 0 Å². The maximum Gasteiger partial charge on any atom is 0.161 e. The number of aryl methyl sites for hydroxylation is 1. The van der Waals surface area contributed by atoms with Crippen LogP contribution in [-0.4, -0.2) is 23.2 Å². The van der Waals surface area contributed by atoms with Crippen molar-refractivity contribution in [3.63, 3.8) is 0 Å². The summed E-state index contributed by atoms with van der Waals surface area (Å²) < 4.78 is 11.4. The van der Waals surface area contributed by atoms with Crippen LogP contribution < -0.4 is 14.8 Å². The van der Waals surface area contributed by atoms with Gasteiger partial charge in [0.05, 0.1) is 18.6 Å². The second kappa shape index (κ2) is 6.65. The molecule has 0 aliphatic carbocycles. The maximum absolute atomic E-state index is 5.75. The Bertz CT molecular complexity index is 863. The fourth-order valence-electron chi connectivity index (χ4n) is 2.72. The van der Waals surface area contributed by atoms with Gasteiger partial charge in [0.15, 0.2) is 11.5 Å². The number of anilines is 1. The van der Waals surface area contributed by atoms with Gasteiger partial charge in [-0.25, -0.2) is 9.97 Å². The first-order valence-corrected chi connectivity index (χ1v) is 9.01. The van der Waals surface area contributed by atoms with E-state index >= 15 is 0 Å². The van der Waals surface area contributed by atoms with Crippen LogP contribution in [0.4, 0.5) is 5.82 Å². The van der Waals surface area contributed by atoms with Gasteiger partial charge in [-0.3, -0.25) is 0 Å². The summed E-state index contributed by atoms with van der Waals surface area (Å²) in [5, 5.41) is 4.51. The van der Waals surface area contributed by atoms with E-state index in [4.69, 9.17) is 9.47 Å². The summed E-state index contributed by atoms with van der Waals surface area (Å²) in [6, 6.07) is 8.25. The molecule has 4 rings (SSSR count). The number of rotatable bonds is 4. The Balaban J connectivity index is 1.55. The summed E-state index contributed by atoms with van der Waals surface area (Å²) in [5.41, 5.74) is 1.14. The molecule has 0 spiro atoms. The van der Waals surface area contributed by atoms with Gasteiger partial charge in [0.2, 0.25) is 0 Å². The summed E-state index contributed by atoms with van der Waals surface area (Å²) >= 11 is 1.73. The molecule has 3 heterocycles. The van der Waals surface area contributed by atoms with E-state index in [0.717, 1.165) is 45.9 Å². The smallest absolute Gasteiger partial charge is 0.161 e. The van der Waals surface area contributed by atoms with Crippen LogP contribution in [0.3, 0.4) is 0 Å². The van der Waals surface area contributed by atoms with Crippen LogP contribution in [0.5, 0.6) is 11.5 Å². The third-order valence-electron chi connectivity index (χ3n) is 4.00. The average Bonchev–Trinajstić information content (AvgIpc) is 2.91. The molecule has 3 aromatic rings. The molecule has 0 saturated carbocycles. The first-order valence-electron chi connectivity index (χ1n) is 8.19. The number of nitrogens with one attached hydrogen (secondary N) is 1. The highest BCUT2D eigenvalue weighted by molar-refractivity contribution is 7.18. The van der Waals surface area contributed by atoms with Gasteiger partial charge in [0.25, 0.3) is 0 Å². The topological polar surface area (TPSA) is 56.3 Å². The van der Waals surface area contributed by atoms with Crippen LogP contribution in [0.2, 0.25) is 0 Å². The lowest BCUT2D eigenvalue weighted by atomic mass is 10.2. The normalized spacial score (nSPS) is 13.7. The standard InChI is InChI=1S/C18H19N3O2S/c1-2-13-9-14-17(20-11-21-18(14)24-13)19-10-12-4-5-15-16(8-12)23-7-3-6-22-15/h4-5,8-9,11H,2-3,6-7,10H2,1H3,(H,19,20,21). The Kier molecular flexibility index (Phi) is 4.21. The number of ether oxygens (including phenoxy) is 2. The second-order valence-corrected chi connectivity index (χ2v) is 6.81. The molecular weight excluding hydrogens is 322 g/mol. The number of aromatic nitrogens is 2. The van der Waals surface area contributed by atoms with E-state index in [9.17, 15) is 0 Å². The van der Waals surface area contributed by atoms with Gasteiger partial charge >= 0.3 is 0 Å². The summed E-state index contributed by atoms with van der Waals surface area (Å²) in [7, 11) is 0. The molecular formula is C18H19N3O2S. The number of hydrogen-bond acceptors (Lipinski definition) is 6. The Hall–Kier alpha value is -2.34. The zero-order valence-electron chi connectivity index (χ0n) is 13.5. The highest BCUT2D eigenvalue weighted by Gasteiger charge is 2.12. The van der Waals surface area contributed by atoms with Gasteiger partial charge in [0.1, 0.15) is 17.0 Å². The van der Waals surface area contributed by atoms with Crippen molar-refractivity contribution in [2.24, 2.45) is 0 Å². The van der Waals surface area contributed by atoms with Crippen molar-refractivity contribution >= 4 is 27.4 Å². The minimum absolute atomic E-state index is 0.681. The highest BCUT2D eigenvalue weighted by Crippen LogP contribution is 2.31. The second-order valence-electron chi connectivity index (χ2n) is 5.69. The van der Waals surface area contributed by atoms with Gasteiger partial charge in [0, 0.05) is 17.8 Å². The zero-order chi connectivity index (χ0) is 16.4. The van der Waals surface area contributed by atoms with E-state index in [1.807, 2.05) is 12.1 Å². The fourth-order valence-corrected chi connectivity index (χ4v) is 3.66. The molecule has 2 aromatic heterocycles. The van der Waals surface area contributed by atoms with Crippen molar-refractivity contribution in [3.8, 4) is 11.5 Å². The SMILES string of the molecule is CCc1cc2c(NCc3ccc4c(c3)OCCCO4)ncnc2s1. The fraction of sp³-hybridized carbons (Fsp3) is 0.333. The van der Waals surface area contributed by atoms with E-state index in [-0.39, 0.29) is 0 Å². The van der Waals surface area contributed by atoms with E-state index < -0.39 is 0 Å². The maximum atomic E-state index is 5.75. The molecule has 1 aliphatic rings. The Morgan fingerprint density at radius 3 is 2.88 bits per heavy atom. The predicted molar refractivity (Wildman–Crippen MR) is 96.2 cm³/mol. The van der Waals surface area contributed by atoms with E-state index in [1.165, 1.54) is 4.88 Å². The van der Waals surface area contributed by atoms with Crippen molar-refractivity contribution in [2.45, 2.75) is 26.3 Å². The summed E-state index contributed by atoms with van der Waals surface area (Å²) in [6.07, 6.45) is 3.55. The monoisotopic (exact) mass is 341 g/mol. The van der Waals surface area contributed by atoms with Gasteiger partial charge < -0.3 is 14.8 Å². The molecule has 124 valence electrons. The minimum atomic E-state index is 0.681. The quantitative estimate of drug-likeness (QED) is 0.776. The molecule has 0 saturated heterocycles. The largest absolute Gasteiger partial charge is 0.490 e. The first-order chi connectivity index (χ1) is 11.8. The van der Waals surface area contributed by atoms with Gasteiger partial charge in [-0.1, -0.05) is 13.0 Å². The third-order valence-corrected chi connectivity index (χ3v) is 5.19. The Labute approximate surface area is 144 Å². The number of fused-ring (bicyclic) bond motifs is 2. The van der Waals surface area contributed by atoms with Crippen LogP contribution in [0, 0.1) is 0 Å². The van der Waals surface area contributed by atoms with E-state index in [2.05, 4.69) is 34.3 Å². The number of nitrogens with zero attached hydrogens (tertiary/aromatic N) is 2. The van der Waals surface area contributed by atoms with E-state index in [0.29, 0.717) is 19.8 Å². The van der Waals surface area contributed by atoms with Crippen LogP contribution in [0.1, 0.15) is 23.8 Å². The van der Waals surface area contributed by atoms with Crippen LogP contribution in [0.25, 0.3) is 10.2 Å². The van der Waals surface area contributed by atoms with Gasteiger partial charge in [-0.05, 0) is 30.2 Å². The lowest BCUT2D eigenvalue weighted by Crippen LogP contribution is -2.02. The molecule has 0 unspecified atom stereocenters. The average molecular weight is 341 g/mol. The van der Waals surface area contributed by atoms with Gasteiger partial charge in [-0.15, -0.1) is 11.3 Å². The van der Waals surface area contributed by atoms with E-state index in [1.54, 1.807) is 17.7 Å². The Morgan fingerprint density at radius 1 is 1.12 bits per heavy atom. The Morgan fingerprint density at radius 2 is 2.00 bits per heavy atom. The lowest BCUT2D eigenvalue weighted by Gasteiger charge is -2.10. The molecule has 6 heteroatoms. The number of thiophene rings is 1. The molecule has 1 aliphatic heterocycles. The molecule has 24 heavy (non-hydrogen) atoms. The molecule has 0 radical (unpaired) electrons. The molecule has 0 bridgehead atoms. The molecule has 0 amide bonds.